The maximum atomic E-state index is 13.4. The molecular weight excluding hydrogens is 213 g/mol. The molecule has 1 aromatic carbocycles. The van der Waals surface area contributed by atoms with Gasteiger partial charge < -0.3 is 10.3 Å². The summed E-state index contributed by atoms with van der Waals surface area (Å²) in [5.41, 5.74) is -0.981. The highest BCUT2D eigenvalue weighted by molar-refractivity contribution is 5.77. The Morgan fingerprint density at radius 2 is 2.19 bits per heavy atom. The minimum Gasteiger partial charge on any atom is -0.307 e. The molecule has 6 heteroatoms. The number of fused-ring (bicyclic) bond motifs is 1. The Balaban J connectivity index is 2.92. The van der Waals surface area contributed by atoms with Crippen molar-refractivity contribution in [3.05, 3.63) is 44.9 Å². The van der Waals surface area contributed by atoms with E-state index < -0.39 is 17.1 Å². The zero-order chi connectivity index (χ0) is 11.7. The van der Waals surface area contributed by atoms with Gasteiger partial charge in [-0.1, -0.05) is 6.07 Å². The molecule has 2 N–H and O–H groups in total. The van der Waals surface area contributed by atoms with Crippen LogP contribution in [-0.4, -0.2) is 16.6 Å². The van der Waals surface area contributed by atoms with Crippen molar-refractivity contribution < 1.29 is 4.39 Å². The van der Waals surface area contributed by atoms with Crippen molar-refractivity contribution in [2.75, 3.05) is 7.05 Å². The molecule has 1 heterocycles. The van der Waals surface area contributed by atoms with Gasteiger partial charge >= 0.3 is 5.69 Å². The highest BCUT2D eigenvalue weighted by Crippen LogP contribution is 2.08. The molecule has 0 aliphatic carbocycles. The topological polar surface area (TPSA) is 66.9 Å². The molecule has 0 saturated carbocycles. The van der Waals surface area contributed by atoms with Gasteiger partial charge in [0.1, 0.15) is 5.82 Å². The Kier molecular flexibility index (Phi) is 2.57. The molecule has 0 unspecified atom stereocenters. The number of rotatable bonds is 2. The third-order valence-electron chi connectivity index (χ3n) is 2.28. The minimum atomic E-state index is -0.636. The van der Waals surface area contributed by atoms with Gasteiger partial charge in [0.15, 0.2) is 0 Å². The van der Waals surface area contributed by atoms with Crippen molar-refractivity contribution in [3.8, 4) is 0 Å². The first-order valence-corrected chi connectivity index (χ1v) is 4.71. The maximum Gasteiger partial charge on any atom is 0.329 e. The van der Waals surface area contributed by atoms with Crippen molar-refractivity contribution in [2.24, 2.45) is 0 Å². The van der Waals surface area contributed by atoms with Gasteiger partial charge in [-0.2, -0.15) is 0 Å². The van der Waals surface area contributed by atoms with Crippen LogP contribution < -0.4 is 16.6 Å². The zero-order valence-electron chi connectivity index (χ0n) is 8.58. The summed E-state index contributed by atoms with van der Waals surface area (Å²) in [6.45, 7) is 0.0401. The van der Waals surface area contributed by atoms with Crippen LogP contribution in [0.3, 0.4) is 0 Å². The SMILES string of the molecule is CNCn1c(=O)[nH]c2cccc(F)c2c1=O. The third-order valence-corrected chi connectivity index (χ3v) is 2.28. The predicted molar refractivity (Wildman–Crippen MR) is 57.8 cm³/mol. The molecule has 0 spiro atoms. The zero-order valence-corrected chi connectivity index (χ0v) is 8.58. The van der Waals surface area contributed by atoms with Crippen molar-refractivity contribution in [3.63, 3.8) is 0 Å². The van der Waals surface area contributed by atoms with Crippen LogP contribution in [-0.2, 0) is 6.67 Å². The molecule has 0 atom stereocenters. The number of hydrogen-bond donors (Lipinski definition) is 2. The van der Waals surface area contributed by atoms with Gasteiger partial charge in [0.05, 0.1) is 17.6 Å². The van der Waals surface area contributed by atoms with Crippen LogP contribution >= 0.6 is 0 Å². The molecule has 0 radical (unpaired) electrons. The van der Waals surface area contributed by atoms with Gasteiger partial charge in [-0.3, -0.25) is 4.79 Å². The highest BCUT2D eigenvalue weighted by atomic mass is 19.1. The summed E-state index contributed by atoms with van der Waals surface area (Å²) in [7, 11) is 1.59. The van der Waals surface area contributed by atoms with E-state index in [9.17, 15) is 14.0 Å². The van der Waals surface area contributed by atoms with E-state index in [-0.39, 0.29) is 17.6 Å². The molecule has 0 bridgehead atoms. The van der Waals surface area contributed by atoms with Crippen LogP contribution in [0.15, 0.2) is 27.8 Å². The van der Waals surface area contributed by atoms with E-state index in [0.717, 1.165) is 4.57 Å². The van der Waals surface area contributed by atoms with Gasteiger partial charge in [0, 0.05) is 0 Å². The summed E-state index contributed by atoms with van der Waals surface area (Å²) in [4.78, 5) is 25.8. The Labute approximate surface area is 89.5 Å². The molecule has 84 valence electrons. The number of nitrogens with zero attached hydrogens (tertiary/aromatic N) is 1. The summed E-state index contributed by atoms with van der Waals surface area (Å²) in [6.07, 6.45) is 0. The third kappa shape index (κ3) is 1.53. The van der Waals surface area contributed by atoms with E-state index in [0.29, 0.717) is 0 Å². The lowest BCUT2D eigenvalue weighted by Crippen LogP contribution is -2.38. The predicted octanol–water partition coefficient (Wildman–Crippen LogP) is 0.00580. The molecule has 16 heavy (non-hydrogen) atoms. The molecule has 0 amide bonds. The van der Waals surface area contributed by atoms with E-state index >= 15 is 0 Å². The van der Waals surface area contributed by atoms with Crippen molar-refractivity contribution in [1.29, 1.82) is 0 Å². The molecule has 0 aliphatic rings. The molecule has 0 fully saturated rings. The number of nitrogens with one attached hydrogen (secondary N) is 2. The lowest BCUT2D eigenvalue weighted by molar-refractivity contribution is 0.569. The van der Waals surface area contributed by atoms with Gasteiger partial charge in [-0.25, -0.2) is 13.8 Å². The Bertz CT molecular complexity index is 645. The fourth-order valence-corrected chi connectivity index (χ4v) is 1.56. The van der Waals surface area contributed by atoms with Gasteiger partial charge in [-0.15, -0.1) is 0 Å². The molecule has 2 rings (SSSR count). The Hall–Kier alpha value is -1.95. The number of halogens is 1. The summed E-state index contributed by atoms with van der Waals surface area (Å²) in [5.74, 6) is -0.636. The summed E-state index contributed by atoms with van der Waals surface area (Å²) < 4.78 is 14.4. The quantitative estimate of drug-likeness (QED) is 0.753. The summed E-state index contributed by atoms with van der Waals surface area (Å²) >= 11 is 0. The molecule has 1 aromatic heterocycles. The highest BCUT2D eigenvalue weighted by Gasteiger charge is 2.10. The minimum absolute atomic E-state index is 0.0401. The molecule has 0 aliphatic heterocycles. The Morgan fingerprint density at radius 1 is 1.44 bits per heavy atom. The number of benzene rings is 1. The van der Waals surface area contributed by atoms with Crippen LogP contribution in [0.1, 0.15) is 0 Å². The second-order valence-electron chi connectivity index (χ2n) is 3.34. The summed E-state index contributed by atoms with van der Waals surface area (Å²) in [5, 5.41) is 2.57. The lowest BCUT2D eigenvalue weighted by atomic mass is 10.2. The van der Waals surface area contributed by atoms with Gasteiger partial charge in [0.2, 0.25) is 0 Å². The van der Waals surface area contributed by atoms with Crippen LogP contribution in [0, 0.1) is 5.82 Å². The fourth-order valence-electron chi connectivity index (χ4n) is 1.56. The fraction of sp³-hybridized carbons (Fsp3) is 0.200. The molecule has 5 nitrogen and oxygen atoms in total. The number of aromatic amines is 1. The van der Waals surface area contributed by atoms with Crippen molar-refractivity contribution in [2.45, 2.75) is 6.67 Å². The number of hydrogen-bond acceptors (Lipinski definition) is 3. The monoisotopic (exact) mass is 223 g/mol. The van der Waals surface area contributed by atoms with Crippen LogP contribution in [0.4, 0.5) is 4.39 Å². The average molecular weight is 223 g/mol. The van der Waals surface area contributed by atoms with E-state index in [1.54, 1.807) is 7.05 Å². The number of H-pyrrole nitrogens is 1. The molecule has 0 saturated heterocycles. The molecular formula is C10H10FN3O2. The van der Waals surface area contributed by atoms with E-state index in [4.69, 9.17) is 0 Å². The molecule has 2 aromatic rings. The first kappa shape index (κ1) is 10.6. The van der Waals surface area contributed by atoms with Gasteiger partial charge in [0.25, 0.3) is 5.56 Å². The first-order chi connectivity index (χ1) is 7.65. The average Bonchev–Trinajstić information content (AvgIpc) is 2.24. The second-order valence-corrected chi connectivity index (χ2v) is 3.34. The lowest BCUT2D eigenvalue weighted by Gasteiger charge is -2.05. The first-order valence-electron chi connectivity index (χ1n) is 4.71. The smallest absolute Gasteiger partial charge is 0.307 e. The van der Waals surface area contributed by atoms with E-state index in [1.807, 2.05) is 0 Å². The van der Waals surface area contributed by atoms with Crippen LogP contribution in [0.2, 0.25) is 0 Å². The number of aromatic nitrogens is 2. The van der Waals surface area contributed by atoms with Crippen LogP contribution in [0.25, 0.3) is 10.9 Å². The van der Waals surface area contributed by atoms with Crippen molar-refractivity contribution >= 4 is 10.9 Å². The second kappa shape index (κ2) is 3.90. The normalized spacial score (nSPS) is 10.9. The Morgan fingerprint density at radius 3 is 2.88 bits per heavy atom. The van der Waals surface area contributed by atoms with E-state index in [2.05, 4.69) is 10.3 Å². The maximum absolute atomic E-state index is 13.4. The van der Waals surface area contributed by atoms with Crippen LogP contribution in [0.5, 0.6) is 0 Å². The van der Waals surface area contributed by atoms with Crippen molar-refractivity contribution in [1.82, 2.24) is 14.9 Å². The van der Waals surface area contributed by atoms with E-state index in [1.165, 1.54) is 18.2 Å². The largest absolute Gasteiger partial charge is 0.329 e. The standard InChI is InChI=1S/C10H10FN3O2/c1-12-5-14-9(15)8-6(11)3-2-4-7(8)13-10(14)16/h2-4,12H,5H2,1H3,(H,13,16). The summed E-state index contributed by atoms with van der Waals surface area (Å²) in [6, 6.07) is 4.12. The van der Waals surface area contributed by atoms with Gasteiger partial charge in [-0.05, 0) is 19.2 Å².